The number of hydrogen-bond acceptors (Lipinski definition) is 4. The number of carbonyl (C=O) groups is 1. The molecule has 1 saturated heterocycles. The van der Waals surface area contributed by atoms with Gasteiger partial charge in [-0.15, -0.1) is 0 Å². The molecule has 1 amide bonds. The maximum atomic E-state index is 13.8. The number of benzene rings is 1. The summed E-state index contributed by atoms with van der Waals surface area (Å²) < 4.78 is 19.1. The van der Waals surface area contributed by atoms with Crippen molar-refractivity contribution in [1.82, 2.24) is 4.90 Å². The zero-order valence-electron chi connectivity index (χ0n) is 12.6. The molecular formula is C15H21FN2O3. The van der Waals surface area contributed by atoms with Gasteiger partial charge < -0.3 is 19.6 Å². The van der Waals surface area contributed by atoms with Gasteiger partial charge >= 0.3 is 6.09 Å². The van der Waals surface area contributed by atoms with Gasteiger partial charge in [0, 0.05) is 32.2 Å². The predicted octanol–water partition coefficient (Wildman–Crippen LogP) is 2.59. The number of nitrogens with zero attached hydrogens (tertiary/aromatic N) is 2. The summed E-state index contributed by atoms with van der Waals surface area (Å²) in [5.74, 6) is -0.348. The Balaban J connectivity index is 1.97. The number of anilines is 1. The summed E-state index contributed by atoms with van der Waals surface area (Å²) in [7, 11) is 0. The van der Waals surface area contributed by atoms with Crippen LogP contribution in [0.15, 0.2) is 18.2 Å². The molecular weight excluding hydrogens is 275 g/mol. The number of piperazine rings is 1. The van der Waals surface area contributed by atoms with Crippen LogP contribution in [0, 0.1) is 5.82 Å². The fraction of sp³-hybridized carbons (Fsp3) is 0.533. The Morgan fingerprint density at radius 2 is 1.86 bits per heavy atom. The lowest BCUT2D eigenvalue weighted by molar-refractivity contribution is 0.0240. The van der Waals surface area contributed by atoms with E-state index in [0.717, 1.165) is 0 Å². The SMILES string of the molecule is CC(C)(C)OC(=O)N1CCN(c2cc(O)ccc2F)CC1. The van der Waals surface area contributed by atoms with Gasteiger partial charge in [-0.1, -0.05) is 0 Å². The molecule has 0 saturated carbocycles. The highest BCUT2D eigenvalue weighted by atomic mass is 19.1. The molecule has 0 radical (unpaired) electrons. The predicted molar refractivity (Wildman–Crippen MR) is 78.1 cm³/mol. The van der Waals surface area contributed by atoms with Crippen molar-refractivity contribution in [3.05, 3.63) is 24.0 Å². The number of halogens is 1. The first-order valence-corrected chi connectivity index (χ1v) is 6.98. The molecule has 6 heteroatoms. The van der Waals surface area contributed by atoms with Crippen molar-refractivity contribution in [2.24, 2.45) is 0 Å². The highest BCUT2D eigenvalue weighted by Gasteiger charge is 2.26. The summed E-state index contributed by atoms with van der Waals surface area (Å²) in [6.45, 7) is 7.39. The summed E-state index contributed by atoms with van der Waals surface area (Å²) >= 11 is 0. The number of phenols is 1. The van der Waals surface area contributed by atoms with E-state index in [1.54, 1.807) is 4.90 Å². The molecule has 116 valence electrons. The fourth-order valence-corrected chi connectivity index (χ4v) is 2.20. The van der Waals surface area contributed by atoms with Crippen LogP contribution < -0.4 is 4.90 Å². The minimum absolute atomic E-state index is 0.0287. The molecule has 0 atom stereocenters. The van der Waals surface area contributed by atoms with Crippen LogP contribution in [0.1, 0.15) is 20.8 Å². The van der Waals surface area contributed by atoms with E-state index in [1.165, 1.54) is 18.2 Å². The van der Waals surface area contributed by atoms with Gasteiger partial charge in [-0.2, -0.15) is 0 Å². The average Bonchev–Trinajstić information content (AvgIpc) is 2.40. The van der Waals surface area contributed by atoms with Crippen molar-refractivity contribution in [2.75, 3.05) is 31.1 Å². The van der Waals surface area contributed by atoms with Gasteiger partial charge in [0.15, 0.2) is 0 Å². The lowest BCUT2D eigenvalue weighted by atomic mass is 10.2. The molecule has 1 aromatic carbocycles. The summed E-state index contributed by atoms with van der Waals surface area (Å²) in [4.78, 5) is 15.4. The van der Waals surface area contributed by atoms with Crippen LogP contribution in [0.2, 0.25) is 0 Å². The number of ether oxygens (including phenoxy) is 1. The van der Waals surface area contributed by atoms with E-state index in [9.17, 15) is 14.3 Å². The van der Waals surface area contributed by atoms with E-state index in [-0.39, 0.29) is 17.7 Å². The van der Waals surface area contributed by atoms with Crippen molar-refractivity contribution in [3.63, 3.8) is 0 Å². The third-order valence-corrected chi connectivity index (χ3v) is 3.20. The Hall–Kier alpha value is -1.98. The van der Waals surface area contributed by atoms with Crippen LogP contribution in [0.5, 0.6) is 5.75 Å². The van der Waals surface area contributed by atoms with Gasteiger partial charge in [-0.3, -0.25) is 0 Å². The van der Waals surface area contributed by atoms with Crippen molar-refractivity contribution in [1.29, 1.82) is 0 Å². The first kappa shape index (κ1) is 15.4. The molecule has 0 unspecified atom stereocenters. The molecule has 1 aromatic rings. The van der Waals surface area contributed by atoms with Gasteiger partial charge in [-0.05, 0) is 32.9 Å². The normalized spacial score (nSPS) is 16.0. The number of rotatable bonds is 1. The van der Waals surface area contributed by atoms with Crippen LogP contribution in [-0.4, -0.2) is 47.9 Å². The summed E-state index contributed by atoms with van der Waals surface area (Å²) in [6.07, 6.45) is -0.349. The van der Waals surface area contributed by atoms with Crippen LogP contribution >= 0.6 is 0 Å². The van der Waals surface area contributed by atoms with E-state index in [1.807, 2.05) is 25.7 Å². The van der Waals surface area contributed by atoms with Crippen LogP contribution in [-0.2, 0) is 4.74 Å². The van der Waals surface area contributed by atoms with Crippen molar-refractivity contribution < 1.29 is 19.0 Å². The number of hydrogen-bond donors (Lipinski definition) is 1. The number of aromatic hydroxyl groups is 1. The van der Waals surface area contributed by atoms with Gasteiger partial charge in [0.2, 0.25) is 0 Å². The molecule has 21 heavy (non-hydrogen) atoms. The van der Waals surface area contributed by atoms with Crippen molar-refractivity contribution in [3.8, 4) is 5.75 Å². The molecule has 1 heterocycles. The third-order valence-electron chi connectivity index (χ3n) is 3.20. The van der Waals surface area contributed by atoms with E-state index in [0.29, 0.717) is 31.9 Å². The molecule has 0 aromatic heterocycles. The average molecular weight is 296 g/mol. The Bertz CT molecular complexity index is 520. The minimum atomic E-state index is -0.522. The van der Waals surface area contributed by atoms with Crippen LogP contribution in [0.3, 0.4) is 0 Å². The first-order chi connectivity index (χ1) is 9.76. The number of carbonyl (C=O) groups excluding carboxylic acids is 1. The largest absolute Gasteiger partial charge is 0.508 e. The summed E-state index contributed by atoms with van der Waals surface area (Å²) in [6, 6.07) is 3.96. The second-order valence-electron chi connectivity index (χ2n) is 6.09. The van der Waals surface area contributed by atoms with Gasteiger partial charge in [0.1, 0.15) is 17.2 Å². The van der Waals surface area contributed by atoms with Gasteiger partial charge in [-0.25, -0.2) is 9.18 Å². The van der Waals surface area contributed by atoms with Crippen molar-refractivity contribution >= 4 is 11.8 Å². The Morgan fingerprint density at radius 1 is 1.24 bits per heavy atom. The van der Waals surface area contributed by atoms with E-state index < -0.39 is 5.60 Å². The van der Waals surface area contributed by atoms with Crippen molar-refractivity contribution in [2.45, 2.75) is 26.4 Å². The molecule has 1 fully saturated rings. The van der Waals surface area contributed by atoms with Gasteiger partial charge in [0.05, 0.1) is 5.69 Å². The Kier molecular flexibility index (Phi) is 4.25. The lowest BCUT2D eigenvalue weighted by Gasteiger charge is -2.36. The highest BCUT2D eigenvalue weighted by Crippen LogP contribution is 2.25. The summed E-state index contributed by atoms with van der Waals surface area (Å²) in [5, 5.41) is 9.46. The van der Waals surface area contributed by atoms with Crippen LogP contribution in [0.4, 0.5) is 14.9 Å². The third kappa shape index (κ3) is 4.00. The second-order valence-corrected chi connectivity index (χ2v) is 6.09. The van der Waals surface area contributed by atoms with E-state index in [2.05, 4.69) is 0 Å². The second kappa shape index (κ2) is 5.79. The Morgan fingerprint density at radius 3 is 2.43 bits per heavy atom. The zero-order chi connectivity index (χ0) is 15.6. The van der Waals surface area contributed by atoms with Crippen LogP contribution in [0.25, 0.3) is 0 Å². The molecule has 0 spiro atoms. The molecule has 1 aliphatic rings. The number of phenolic OH excluding ortho intramolecular Hbond substituents is 1. The van der Waals surface area contributed by atoms with E-state index >= 15 is 0 Å². The monoisotopic (exact) mass is 296 g/mol. The maximum absolute atomic E-state index is 13.8. The quantitative estimate of drug-likeness (QED) is 0.865. The highest BCUT2D eigenvalue weighted by molar-refractivity contribution is 5.68. The topological polar surface area (TPSA) is 53.0 Å². The molecule has 1 aliphatic heterocycles. The lowest BCUT2D eigenvalue weighted by Crippen LogP contribution is -2.50. The molecule has 0 aliphatic carbocycles. The molecule has 5 nitrogen and oxygen atoms in total. The zero-order valence-corrected chi connectivity index (χ0v) is 12.6. The first-order valence-electron chi connectivity index (χ1n) is 6.98. The molecule has 2 rings (SSSR count). The minimum Gasteiger partial charge on any atom is -0.508 e. The molecule has 1 N–H and O–H groups in total. The summed E-state index contributed by atoms with van der Waals surface area (Å²) in [5.41, 5.74) is -0.162. The number of amides is 1. The molecule has 0 bridgehead atoms. The van der Waals surface area contributed by atoms with Gasteiger partial charge in [0.25, 0.3) is 0 Å². The van der Waals surface area contributed by atoms with E-state index in [4.69, 9.17) is 4.74 Å². The Labute approximate surface area is 123 Å². The fourth-order valence-electron chi connectivity index (χ4n) is 2.20. The maximum Gasteiger partial charge on any atom is 0.410 e. The standard InChI is InChI=1S/C15H21FN2O3/c1-15(2,3)21-14(20)18-8-6-17(7-9-18)13-10-11(19)4-5-12(13)16/h4-5,10,19H,6-9H2,1-3H3. The smallest absolute Gasteiger partial charge is 0.410 e.